The number of nitrogens with one attached hydrogen (secondary N) is 1. The molecule has 2 atom stereocenters. The Morgan fingerprint density at radius 3 is 2.04 bits per heavy atom. The van der Waals surface area contributed by atoms with Crippen molar-refractivity contribution in [1.82, 2.24) is 5.32 Å². The van der Waals surface area contributed by atoms with Gasteiger partial charge in [0.2, 0.25) is 0 Å². The Kier molecular flexibility index (Phi) is 4.62. The van der Waals surface area contributed by atoms with Gasteiger partial charge < -0.3 is 11.1 Å². The zero-order valence-corrected chi connectivity index (χ0v) is 14.7. The number of rotatable bonds is 4. The van der Waals surface area contributed by atoms with Crippen molar-refractivity contribution in [1.29, 1.82) is 0 Å². The molecule has 0 amide bonds. The smallest absolute Gasteiger partial charge is 0.0406 e. The summed E-state index contributed by atoms with van der Waals surface area (Å²) in [6.45, 7) is 0. The highest BCUT2D eigenvalue weighted by atomic mass is 35.5. The van der Waals surface area contributed by atoms with Crippen molar-refractivity contribution < 1.29 is 0 Å². The second-order valence-corrected chi connectivity index (χ2v) is 7.79. The fraction of sp³-hybridized carbons (Fsp3) is 0.429. The van der Waals surface area contributed by atoms with Crippen LogP contribution in [0.2, 0.25) is 5.02 Å². The quantitative estimate of drug-likeness (QED) is 0.845. The summed E-state index contributed by atoms with van der Waals surface area (Å²) in [6, 6.07) is 18.8. The van der Waals surface area contributed by atoms with Crippen LogP contribution in [0.3, 0.4) is 0 Å². The zero-order chi connectivity index (χ0) is 16.5. The van der Waals surface area contributed by atoms with Crippen LogP contribution in [0.5, 0.6) is 0 Å². The van der Waals surface area contributed by atoms with Gasteiger partial charge in [0.15, 0.2) is 0 Å². The average molecular weight is 341 g/mol. The Balaban J connectivity index is 1.35. The van der Waals surface area contributed by atoms with Crippen LogP contribution >= 0.6 is 11.6 Å². The molecule has 2 aromatic rings. The van der Waals surface area contributed by atoms with Crippen LogP contribution in [-0.4, -0.2) is 18.1 Å². The molecule has 2 aliphatic rings. The second kappa shape index (κ2) is 6.87. The number of hydrogen-bond acceptors (Lipinski definition) is 2. The lowest BCUT2D eigenvalue weighted by Gasteiger charge is -2.27. The predicted octanol–water partition coefficient (Wildman–Crippen LogP) is 4.72. The first kappa shape index (κ1) is 16.1. The molecule has 2 fully saturated rings. The van der Waals surface area contributed by atoms with Gasteiger partial charge in [-0.25, -0.2) is 0 Å². The van der Waals surface area contributed by atoms with E-state index in [2.05, 4.69) is 41.7 Å². The van der Waals surface area contributed by atoms with Gasteiger partial charge in [-0.2, -0.15) is 0 Å². The van der Waals surface area contributed by atoms with E-state index < -0.39 is 0 Å². The molecule has 0 heterocycles. The molecular weight excluding hydrogens is 316 g/mol. The maximum Gasteiger partial charge on any atom is 0.0406 e. The van der Waals surface area contributed by atoms with Gasteiger partial charge in [0, 0.05) is 29.1 Å². The Labute approximate surface area is 149 Å². The van der Waals surface area contributed by atoms with Gasteiger partial charge in [-0.3, -0.25) is 0 Å². The summed E-state index contributed by atoms with van der Waals surface area (Å²) in [5, 5.41) is 4.63. The highest BCUT2D eigenvalue weighted by Gasteiger charge is 2.39. The monoisotopic (exact) mass is 340 g/mol. The van der Waals surface area contributed by atoms with Gasteiger partial charge in [-0.05, 0) is 60.9 Å². The molecule has 0 saturated heterocycles. The lowest BCUT2D eigenvalue weighted by atomic mass is 9.92. The van der Waals surface area contributed by atoms with E-state index >= 15 is 0 Å². The maximum absolute atomic E-state index is 6.00. The van der Waals surface area contributed by atoms with Gasteiger partial charge in [-0.1, -0.05) is 48.0 Å². The van der Waals surface area contributed by atoms with Gasteiger partial charge in [0.25, 0.3) is 0 Å². The van der Waals surface area contributed by atoms with Crippen LogP contribution in [0.4, 0.5) is 0 Å². The highest BCUT2D eigenvalue weighted by Crippen LogP contribution is 2.42. The fourth-order valence-electron chi connectivity index (χ4n) is 3.90. The van der Waals surface area contributed by atoms with E-state index in [4.69, 9.17) is 17.3 Å². The normalized spacial score (nSPS) is 29.4. The van der Waals surface area contributed by atoms with Crippen molar-refractivity contribution in [2.24, 2.45) is 5.73 Å². The average Bonchev–Trinajstić information content (AvgIpc) is 3.37. The van der Waals surface area contributed by atoms with Gasteiger partial charge in [-0.15, -0.1) is 0 Å². The molecule has 126 valence electrons. The first-order chi connectivity index (χ1) is 11.7. The summed E-state index contributed by atoms with van der Waals surface area (Å²) in [5.74, 6) is 0.680. The van der Waals surface area contributed by atoms with Crippen LogP contribution in [-0.2, 0) is 0 Å². The standard InChI is InChI=1S/C21H25ClN2/c22-17-7-5-15(6-8-17)14-1-3-16(4-2-14)20-13-21(20)24-19-11-9-18(23)10-12-19/h1-8,18-21,24H,9-13,23H2. The molecule has 3 heteroatoms. The van der Waals surface area contributed by atoms with E-state index in [-0.39, 0.29) is 0 Å². The van der Waals surface area contributed by atoms with E-state index in [1.807, 2.05) is 12.1 Å². The maximum atomic E-state index is 6.00. The van der Waals surface area contributed by atoms with Crippen LogP contribution < -0.4 is 11.1 Å². The lowest BCUT2D eigenvalue weighted by molar-refractivity contribution is 0.339. The summed E-state index contributed by atoms with van der Waals surface area (Å²) in [7, 11) is 0. The summed E-state index contributed by atoms with van der Waals surface area (Å²) < 4.78 is 0. The molecule has 4 rings (SSSR count). The van der Waals surface area contributed by atoms with Crippen LogP contribution in [0.15, 0.2) is 48.5 Å². The van der Waals surface area contributed by atoms with Crippen LogP contribution in [0.1, 0.15) is 43.6 Å². The van der Waals surface area contributed by atoms with E-state index in [1.165, 1.54) is 48.8 Å². The molecule has 24 heavy (non-hydrogen) atoms. The first-order valence-electron chi connectivity index (χ1n) is 9.06. The van der Waals surface area contributed by atoms with Gasteiger partial charge in [0.1, 0.15) is 0 Å². The van der Waals surface area contributed by atoms with Crippen molar-refractivity contribution >= 4 is 11.6 Å². The molecule has 0 radical (unpaired) electrons. The number of halogens is 1. The Bertz CT molecular complexity index is 672. The molecule has 2 aromatic carbocycles. The van der Waals surface area contributed by atoms with E-state index in [0.717, 1.165) is 5.02 Å². The lowest BCUT2D eigenvalue weighted by Crippen LogP contribution is -2.38. The topological polar surface area (TPSA) is 38.0 Å². The number of hydrogen-bond donors (Lipinski definition) is 2. The van der Waals surface area contributed by atoms with E-state index in [0.29, 0.717) is 24.0 Å². The van der Waals surface area contributed by atoms with Gasteiger partial charge >= 0.3 is 0 Å². The van der Waals surface area contributed by atoms with Crippen molar-refractivity contribution in [2.75, 3.05) is 0 Å². The highest BCUT2D eigenvalue weighted by molar-refractivity contribution is 6.30. The third kappa shape index (κ3) is 3.66. The molecule has 3 N–H and O–H groups in total. The Morgan fingerprint density at radius 1 is 0.833 bits per heavy atom. The molecule has 0 spiro atoms. The number of benzene rings is 2. The molecule has 0 aromatic heterocycles. The molecule has 2 nitrogen and oxygen atoms in total. The molecule has 0 bridgehead atoms. The fourth-order valence-corrected chi connectivity index (χ4v) is 4.03. The third-order valence-electron chi connectivity index (χ3n) is 5.53. The van der Waals surface area contributed by atoms with Crippen molar-refractivity contribution in [2.45, 2.75) is 56.1 Å². The van der Waals surface area contributed by atoms with E-state index in [1.54, 1.807) is 0 Å². The molecule has 0 aliphatic heterocycles. The summed E-state index contributed by atoms with van der Waals surface area (Å²) in [4.78, 5) is 0. The minimum Gasteiger partial charge on any atom is -0.328 e. The van der Waals surface area contributed by atoms with Crippen molar-refractivity contribution in [3.63, 3.8) is 0 Å². The Hall–Kier alpha value is -1.35. The predicted molar refractivity (Wildman–Crippen MR) is 101 cm³/mol. The molecular formula is C21H25ClN2. The SMILES string of the molecule is NC1CCC(NC2CC2c2ccc(-c3ccc(Cl)cc3)cc2)CC1. The van der Waals surface area contributed by atoms with E-state index in [9.17, 15) is 0 Å². The van der Waals surface area contributed by atoms with Gasteiger partial charge in [0.05, 0.1) is 0 Å². The van der Waals surface area contributed by atoms with Crippen molar-refractivity contribution in [3.05, 3.63) is 59.1 Å². The van der Waals surface area contributed by atoms with Crippen LogP contribution in [0.25, 0.3) is 11.1 Å². The summed E-state index contributed by atoms with van der Waals surface area (Å²) >= 11 is 5.96. The number of nitrogens with two attached hydrogens (primary N) is 1. The largest absolute Gasteiger partial charge is 0.328 e. The summed E-state index contributed by atoms with van der Waals surface area (Å²) in [6.07, 6.45) is 6.08. The minimum atomic E-state index is 0.429. The summed E-state index contributed by atoms with van der Waals surface area (Å²) in [5.41, 5.74) is 9.92. The zero-order valence-electron chi connectivity index (χ0n) is 13.9. The first-order valence-corrected chi connectivity index (χ1v) is 9.44. The molecule has 2 saturated carbocycles. The molecule has 2 aliphatic carbocycles. The second-order valence-electron chi connectivity index (χ2n) is 7.36. The molecule has 2 unspecified atom stereocenters. The van der Waals surface area contributed by atoms with Crippen LogP contribution in [0, 0.1) is 0 Å². The minimum absolute atomic E-state index is 0.429. The third-order valence-corrected chi connectivity index (χ3v) is 5.78. The van der Waals surface area contributed by atoms with Crippen molar-refractivity contribution in [3.8, 4) is 11.1 Å². The Morgan fingerprint density at radius 2 is 1.42 bits per heavy atom.